The number of carbonyl (C=O) groups excluding carboxylic acids is 1. The van der Waals surface area contributed by atoms with E-state index in [1.54, 1.807) is 18.2 Å². The van der Waals surface area contributed by atoms with Crippen LogP contribution in [0.5, 0.6) is 5.75 Å². The zero-order valence-electron chi connectivity index (χ0n) is 15.9. The number of benzene rings is 2. The second-order valence-electron chi connectivity index (χ2n) is 6.68. The van der Waals surface area contributed by atoms with Gasteiger partial charge in [-0.1, -0.05) is 35.3 Å². The number of hydrogen-bond donors (Lipinski definition) is 1. The van der Waals surface area contributed by atoms with Gasteiger partial charge in [0.2, 0.25) is 15.9 Å². The summed E-state index contributed by atoms with van der Waals surface area (Å²) in [7, 11) is -3.82. The highest BCUT2D eigenvalue weighted by molar-refractivity contribution is 7.89. The van der Waals surface area contributed by atoms with E-state index in [-0.39, 0.29) is 39.9 Å². The summed E-state index contributed by atoms with van der Waals surface area (Å²) >= 11 is 12.1. The van der Waals surface area contributed by atoms with E-state index in [0.29, 0.717) is 30.9 Å². The highest BCUT2D eigenvalue weighted by atomic mass is 35.5. The Labute approximate surface area is 180 Å². The molecular formula is C20H22Cl2N2O4S. The normalized spacial score (nSPS) is 15.8. The van der Waals surface area contributed by atoms with Crippen molar-refractivity contribution >= 4 is 44.8 Å². The molecular weight excluding hydrogens is 435 g/mol. The zero-order chi connectivity index (χ0) is 21.0. The van der Waals surface area contributed by atoms with Crippen LogP contribution in [0.3, 0.4) is 0 Å². The first kappa shape index (κ1) is 21.9. The maximum atomic E-state index is 12.9. The Balaban J connectivity index is 1.64. The fraction of sp³-hybridized carbons (Fsp3) is 0.350. The first-order valence-electron chi connectivity index (χ1n) is 9.31. The summed E-state index contributed by atoms with van der Waals surface area (Å²) in [4.78, 5) is 12.5. The van der Waals surface area contributed by atoms with Crippen LogP contribution in [-0.4, -0.2) is 38.3 Å². The maximum absolute atomic E-state index is 12.9. The van der Waals surface area contributed by atoms with E-state index < -0.39 is 10.0 Å². The van der Waals surface area contributed by atoms with Gasteiger partial charge in [0, 0.05) is 30.8 Å². The predicted molar refractivity (Wildman–Crippen MR) is 114 cm³/mol. The van der Waals surface area contributed by atoms with E-state index in [1.165, 1.54) is 16.4 Å². The number of anilines is 1. The number of carbonyl (C=O) groups is 1. The van der Waals surface area contributed by atoms with Crippen LogP contribution in [0.2, 0.25) is 10.0 Å². The fourth-order valence-corrected chi connectivity index (χ4v) is 5.85. The van der Waals surface area contributed by atoms with Crippen molar-refractivity contribution in [1.82, 2.24) is 4.31 Å². The standard InChI is InChI=1S/C20H22Cl2N2O4S/c1-2-28-16-6-3-5-15(13-16)23-20(25)14-9-11-24(12-10-14)29(26,27)19-17(21)7-4-8-18(19)22/h3-8,13-14H,2,9-12H2,1H3,(H,23,25). The molecule has 1 saturated heterocycles. The van der Waals surface area contributed by atoms with Crippen molar-refractivity contribution in [3.05, 3.63) is 52.5 Å². The molecule has 0 atom stereocenters. The summed E-state index contributed by atoms with van der Waals surface area (Å²) in [5.74, 6) is 0.272. The van der Waals surface area contributed by atoms with Gasteiger partial charge in [-0.3, -0.25) is 4.79 Å². The molecule has 9 heteroatoms. The molecule has 0 saturated carbocycles. The Morgan fingerprint density at radius 1 is 1.14 bits per heavy atom. The smallest absolute Gasteiger partial charge is 0.246 e. The molecule has 0 spiro atoms. The molecule has 1 amide bonds. The zero-order valence-corrected chi connectivity index (χ0v) is 18.2. The molecule has 1 N–H and O–H groups in total. The van der Waals surface area contributed by atoms with E-state index in [2.05, 4.69) is 5.32 Å². The van der Waals surface area contributed by atoms with Gasteiger partial charge < -0.3 is 10.1 Å². The average Bonchev–Trinajstić information content (AvgIpc) is 2.68. The lowest BCUT2D eigenvalue weighted by Crippen LogP contribution is -2.41. The minimum Gasteiger partial charge on any atom is -0.494 e. The molecule has 0 bridgehead atoms. The SMILES string of the molecule is CCOc1cccc(NC(=O)C2CCN(S(=O)(=O)c3c(Cl)cccc3Cl)CC2)c1. The summed E-state index contributed by atoms with van der Waals surface area (Å²) in [6.45, 7) is 2.88. The van der Waals surface area contributed by atoms with Gasteiger partial charge in [-0.25, -0.2) is 8.42 Å². The summed E-state index contributed by atoms with van der Waals surface area (Å²) in [6.07, 6.45) is 0.830. The van der Waals surface area contributed by atoms with Crippen molar-refractivity contribution in [2.24, 2.45) is 5.92 Å². The predicted octanol–water partition coefficient (Wildman–Crippen LogP) is 4.43. The van der Waals surface area contributed by atoms with Crippen LogP contribution in [0, 0.1) is 5.92 Å². The molecule has 156 valence electrons. The maximum Gasteiger partial charge on any atom is 0.246 e. The summed E-state index contributed by atoms with van der Waals surface area (Å²) in [5.41, 5.74) is 0.652. The molecule has 6 nitrogen and oxygen atoms in total. The fourth-order valence-electron chi connectivity index (χ4n) is 3.29. The number of amides is 1. The summed E-state index contributed by atoms with van der Waals surface area (Å²) in [6, 6.07) is 11.8. The largest absolute Gasteiger partial charge is 0.494 e. The van der Waals surface area contributed by atoms with Gasteiger partial charge in [0.25, 0.3) is 0 Å². The second-order valence-corrected chi connectivity index (χ2v) is 9.37. The molecule has 0 aliphatic carbocycles. The van der Waals surface area contributed by atoms with E-state index in [9.17, 15) is 13.2 Å². The Morgan fingerprint density at radius 3 is 2.38 bits per heavy atom. The van der Waals surface area contributed by atoms with Crippen LogP contribution in [0.1, 0.15) is 19.8 Å². The number of hydrogen-bond acceptors (Lipinski definition) is 4. The quantitative estimate of drug-likeness (QED) is 0.697. The van der Waals surface area contributed by atoms with Crippen molar-refractivity contribution in [3.8, 4) is 5.75 Å². The topological polar surface area (TPSA) is 75.7 Å². The van der Waals surface area contributed by atoms with Crippen LogP contribution in [0.4, 0.5) is 5.69 Å². The minimum atomic E-state index is -3.82. The molecule has 0 aromatic heterocycles. The van der Waals surface area contributed by atoms with Gasteiger partial charge in [-0.05, 0) is 44.0 Å². The van der Waals surface area contributed by atoms with Crippen LogP contribution >= 0.6 is 23.2 Å². The van der Waals surface area contributed by atoms with E-state index in [0.717, 1.165) is 0 Å². The van der Waals surface area contributed by atoms with Crippen LogP contribution in [-0.2, 0) is 14.8 Å². The molecule has 2 aromatic carbocycles. The van der Waals surface area contributed by atoms with Gasteiger partial charge >= 0.3 is 0 Å². The number of rotatable bonds is 6. The Bertz CT molecular complexity index is 969. The third kappa shape index (κ3) is 5.04. The monoisotopic (exact) mass is 456 g/mol. The Hall–Kier alpha value is -1.80. The van der Waals surface area contributed by atoms with Gasteiger partial charge in [0.15, 0.2) is 0 Å². The molecule has 1 aliphatic heterocycles. The third-order valence-corrected chi connectivity index (χ3v) is 7.61. The molecule has 1 aliphatic rings. The molecule has 1 heterocycles. The number of piperidine rings is 1. The number of nitrogens with zero attached hydrogens (tertiary/aromatic N) is 1. The molecule has 29 heavy (non-hydrogen) atoms. The Morgan fingerprint density at radius 2 is 1.76 bits per heavy atom. The van der Waals surface area contributed by atoms with Crippen LogP contribution in [0.15, 0.2) is 47.4 Å². The van der Waals surface area contributed by atoms with Crippen LogP contribution in [0.25, 0.3) is 0 Å². The first-order chi connectivity index (χ1) is 13.8. The van der Waals surface area contributed by atoms with E-state index in [4.69, 9.17) is 27.9 Å². The van der Waals surface area contributed by atoms with Crippen LogP contribution < -0.4 is 10.1 Å². The first-order valence-corrected chi connectivity index (χ1v) is 11.5. The number of ether oxygens (including phenoxy) is 1. The molecule has 2 aromatic rings. The average molecular weight is 457 g/mol. The van der Waals surface area contributed by atoms with Gasteiger partial charge in [0.05, 0.1) is 16.7 Å². The number of halogens is 2. The lowest BCUT2D eigenvalue weighted by atomic mass is 9.97. The van der Waals surface area contributed by atoms with Crippen molar-refractivity contribution in [1.29, 1.82) is 0 Å². The number of nitrogens with one attached hydrogen (secondary N) is 1. The lowest BCUT2D eigenvalue weighted by Gasteiger charge is -2.31. The third-order valence-electron chi connectivity index (χ3n) is 4.75. The lowest BCUT2D eigenvalue weighted by molar-refractivity contribution is -0.120. The van der Waals surface area contributed by atoms with Crippen molar-refractivity contribution in [3.63, 3.8) is 0 Å². The van der Waals surface area contributed by atoms with Gasteiger partial charge in [-0.15, -0.1) is 0 Å². The molecule has 0 radical (unpaired) electrons. The van der Waals surface area contributed by atoms with Gasteiger partial charge in [0.1, 0.15) is 10.6 Å². The van der Waals surface area contributed by atoms with Crippen molar-refractivity contribution in [2.75, 3.05) is 25.0 Å². The Kier molecular flexibility index (Phi) is 7.05. The minimum absolute atomic E-state index is 0.0843. The summed E-state index contributed by atoms with van der Waals surface area (Å²) < 4.78 is 32.6. The summed E-state index contributed by atoms with van der Waals surface area (Å²) in [5, 5.41) is 3.06. The van der Waals surface area contributed by atoms with E-state index in [1.807, 2.05) is 19.1 Å². The van der Waals surface area contributed by atoms with Gasteiger partial charge in [-0.2, -0.15) is 4.31 Å². The molecule has 0 unspecified atom stereocenters. The number of sulfonamides is 1. The molecule has 1 fully saturated rings. The van der Waals surface area contributed by atoms with Crippen molar-refractivity contribution in [2.45, 2.75) is 24.7 Å². The second kappa shape index (κ2) is 9.34. The van der Waals surface area contributed by atoms with Crippen molar-refractivity contribution < 1.29 is 17.9 Å². The molecule has 3 rings (SSSR count). The highest BCUT2D eigenvalue weighted by Crippen LogP contribution is 2.33. The van der Waals surface area contributed by atoms with E-state index >= 15 is 0 Å². The highest BCUT2D eigenvalue weighted by Gasteiger charge is 2.34.